The van der Waals surface area contributed by atoms with Crippen molar-refractivity contribution >= 4 is 0 Å². The van der Waals surface area contributed by atoms with Gasteiger partial charge in [0.05, 0.1) is 24.3 Å². The van der Waals surface area contributed by atoms with E-state index in [4.69, 9.17) is 0 Å². The van der Waals surface area contributed by atoms with Crippen molar-refractivity contribution in [2.45, 2.75) is 18.8 Å². The van der Waals surface area contributed by atoms with Crippen LogP contribution in [0.25, 0.3) is 11.3 Å². The van der Waals surface area contributed by atoms with Crippen molar-refractivity contribution in [2.24, 2.45) is 0 Å². The van der Waals surface area contributed by atoms with E-state index in [1.807, 2.05) is 0 Å². The summed E-state index contributed by atoms with van der Waals surface area (Å²) in [6, 6.07) is 5.13. The van der Waals surface area contributed by atoms with Crippen molar-refractivity contribution in [3.63, 3.8) is 0 Å². The van der Waals surface area contributed by atoms with E-state index < -0.39 is 42.3 Å². The van der Waals surface area contributed by atoms with Gasteiger partial charge in [0.2, 0.25) is 0 Å². The molecule has 10 heteroatoms. The summed E-state index contributed by atoms with van der Waals surface area (Å²) in [6.45, 7) is -0.928. The van der Waals surface area contributed by atoms with E-state index in [0.717, 1.165) is 12.1 Å². The minimum Gasteiger partial charge on any atom is -0.493 e. The van der Waals surface area contributed by atoms with Crippen molar-refractivity contribution in [3.8, 4) is 17.0 Å². The molecule has 1 aromatic heterocycles. The zero-order chi connectivity index (χ0) is 18.0. The summed E-state index contributed by atoms with van der Waals surface area (Å²) in [5.41, 5.74) is -1.65. The molecule has 1 heterocycles. The molecule has 0 bridgehead atoms. The third kappa shape index (κ3) is 4.74. The Balaban J connectivity index is 2.32. The van der Waals surface area contributed by atoms with Crippen LogP contribution in [0.5, 0.6) is 5.75 Å². The first-order valence-corrected chi connectivity index (χ1v) is 6.53. The van der Waals surface area contributed by atoms with E-state index >= 15 is 0 Å². The van der Waals surface area contributed by atoms with Gasteiger partial charge in [0, 0.05) is 11.6 Å². The molecule has 2 rings (SSSR count). The lowest BCUT2D eigenvalue weighted by Gasteiger charge is -2.15. The van der Waals surface area contributed by atoms with Gasteiger partial charge in [-0.2, -0.15) is 31.4 Å². The van der Waals surface area contributed by atoms with Crippen LogP contribution in [0.2, 0.25) is 0 Å². The third-order valence-corrected chi connectivity index (χ3v) is 2.90. The molecule has 24 heavy (non-hydrogen) atoms. The molecule has 130 valence electrons. The Morgan fingerprint density at radius 1 is 1.04 bits per heavy atom. The van der Waals surface area contributed by atoms with Crippen molar-refractivity contribution in [1.82, 2.24) is 10.2 Å². The number of aromatic nitrogens is 2. The number of alkyl halides is 6. The summed E-state index contributed by atoms with van der Waals surface area (Å²) < 4.78 is 80.1. The number of benzene rings is 1. The van der Waals surface area contributed by atoms with Gasteiger partial charge < -0.3 is 4.74 Å². The predicted octanol–water partition coefficient (Wildman–Crippen LogP) is 3.79. The van der Waals surface area contributed by atoms with Gasteiger partial charge in [-0.3, -0.25) is 4.79 Å². The lowest BCUT2D eigenvalue weighted by Crippen LogP contribution is -2.15. The number of H-pyrrole nitrogens is 1. The highest BCUT2D eigenvalue weighted by atomic mass is 19.4. The Morgan fingerprint density at radius 3 is 2.29 bits per heavy atom. The Bertz CT molecular complexity index is 747. The summed E-state index contributed by atoms with van der Waals surface area (Å²) in [4.78, 5) is 10.9. The van der Waals surface area contributed by atoms with Crippen molar-refractivity contribution in [1.29, 1.82) is 0 Å². The lowest BCUT2D eigenvalue weighted by atomic mass is 10.1. The SMILES string of the molecule is O=c1ccc(-c2ccc(OCCC(F)(F)F)c(C(F)(F)F)c2)n[nH]1. The number of ether oxygens (including phenoxy) is 1. The highest BCUT2D eigenvalue weighted by Gasteiger charge is 2.35. The Morgan fingerprint density at radius 2 is 1.75 bits per heavy atom. The Kier molecular flexibility index (Phi) is 4.86. The molecule has 0 radical (unpaired) electrons. The molecule has 0 aliphatic carbocycles. The molecule has 0 spiro atoms. The molecular weight excluding hydrogens is 342 g/mol. The fourth-order valence-corrected chi connectivity index (χ4v) is 1.82. The van der Waals surface area contributed by atoms with E-state index in [9.17, 15) is 31.1 Å². The highest BCUT2D eigenvalue weighted by Crippen LogP contribution is 2.38. The minimum atomic E-state index is -4.83. The predicted molar refractivity (Wildman–Crippen MR) is 71.5 cm³/mol. The summed E-state index contributed by atoms with van der Waals surface area (Å²) >= 11 is 0. The fraction of sp³-hybridized carbons (Fsp3) is 0.286. The van der Waals surface area contributed by atoms with E-state index in [0.29, 0.717) is 6.07 Å². The van der Waals surface area contributed by atoms with Gasteiger partial charge in [0.1, 0.15) is 5.75 Å². The molecule has 0 unspecified atom stereocenters. The second-order valence-electron chi connectivity index (χ2n) is 4.73. The molecule has 1 aromatic carbocycles. The standard InChI is InChI=1S/C14H10F6N2O2/c15-13(16,17)5-6-24-11-3-1-8(7-9(11)14(18,19)20)10-2-4-12(23)22-21-10/h1-4,7H,5-6H2,(H,22,23). The van der Waals surface area contributed by atoms with Crippen LogP contribution in [-0.2, 0) is 6.18 Å². The molecule has 0 atom stereocenters. The first kappa shape index (κ1) is 17.8. The monoisotopic (exact) mass is 352 g/mol. The zero-order valence-corrected chi connectivity index (χ0v) is 11.8. The molecule has 2 aromatic rings. The Labute approximate surface area is 131 Å². The van der Waals surface area contributed by atoms with Gasteiger partial charge >= 0.3 is 12.4 Å². The van der Waals surface area contributed by atoms with Gasteiger partial charge in [0.15, 0.2) is 0 Å². The number of rotatable bonds is 4. The summed E-state index contributed by atoms with van der Waals surface area (Å²) in [5.74, 6) is -0.708. The van der Waals surface area contributed by atoms with Crippen LogP contribution >= 0.6 is 0 Å². The molecule has 0 saturated heterocycles. The van der Waals surface area contributed by atoms with Gasteiger partial charge in [0.25, 0.3) is 5.56 Å². The zero-order valence-electron chi connectivity index (χ0n) is 11.8. The second kappa shape index (κ2) is 6.54. The molecule has 0 aliphatic rings. The molecule has 1 N–H and O–H groups in total. The van der Waals surface area contributed by atoms with Crippen LogP contribution < -0.4 is 10.3 Å². The van der Waals surface area contributed by atoms with Gasteiger partial charge in [-0.25, -0.2) is 5.10 Å². The van der Waals surface area contributed by atoms with E-state index in [1.54, 1.807) is 0 Å². The maximum absolute atomic E-state index is 13.1. The van der Waals surface area contributed by atoms with E-state index in [-0.39, 0.29) is 11.3 Å². The van der Waals surface area contributed by atoms with Crippen molar-refractivity contribution in [3.05, 3.63) is 46.2 Å². The smallest absolute Gasteiger partial charge is 0.419 e. The number of hydrogen-bond acceptors (Lipinski definition) is 3. The average molecular weight is 352 g/mol. The van der Waals surface area contributed by atoms with E-state index in [2.05, 4.69) is 14.9 Å². The molecular formula is C14H10F6N2O2. The van der Waals surface area contributed by atoms with Gasteiger partial charge in [-0.05, 0) is 24.3 Å². The molecule has 4 nitrogen and oxygen atoms in total. The average Bonchev–Trinajstić information content (AvgIpc) is 2.46. The molecule has 0 fully saturated rings. The number of hydrogen-bond donors (Lipinski definition) is 1. The van der Waals surface area contributed by atoms with E-state index in [1.165, 1.54) is 12.1 Å². The highest BCUT2D eigenvalue weighted by molar-refractivity contribution is 5.62. The quantitative estimate of drug-likeness (QED) is 0.852. The summed E-state index contributed by atoms with van der Waals surface area (Å²) in [6.07, 6.45) is -10.7. The molecule has 0 aliphatic heterocycles. The molecule has 0 saturated carbocycles. The van der Waals surface area contributed by atoms with Crippen LogP contribution in [0.1, 0.15) is 12.0 Å². The Hall–Kier alpha value is -2.52. The second-order valence-corrected chi connectivity index (χ2v) is 4.73. The summed E-state index contributed by atoms with van der Waals surface area (Å²) in [7, 11) is 0. The first-order valence-electron chi connectivity index (χ1n) is 6.53. The topological polar surface area (TPSA) is 55.0 Å². The molecule has 0 amide bonds. The number of nitrogens with zero attached hydrogens (tertiary/aromatic N) is 1. The largest absolute Gasteiger partial charge is 0.493 e. The minimum absolute atomic E-state index is 0.0294. The lowest BCUT2D eigenvalue weighted by molar-refractivity contribution is -0.143. The van der Waals surface area contributed by atoms with Crippen LogP contribution in [-0.4, -0.2) is 23.0 Å². The number of halogens is 6. The maximum atomic E-state index is 13.1. The van der Waals surface area contributed by atoms with Crippen LogP contribution in [0.3, 0.4) is 0 Å². The van der Waals surface area contributed by atoms with Crippen LogP contribution in [0.4, 0.5) is 26.3 Å². The third-order valence-electron chi connectivity index (χ3n) is 2.90. The number of aromatic amines is 1. The van der Waals surface area contributed by atoms with Crippen molar-refractivity contribution < 1.29 is 31.1 Å². The maximum Gasteiger partial charge on any atom is 0.419 e. The fourth-order valence-electron chi connectivity index (χ4n) is 1.82. The van der Waals surface area contributed by atoms with Crippen LogP contribution in [0.15, 0.2) is 35.1 Å². The van der Waals surface area contributed by atoms with Crippen molar-refractivity contribution in [2.75, 3.05) is 6.61 Å². The summed E-state index contributed by atoms with van der Waals surface area (Å²) in [5, 5.41) is 5.68. The number of nitrogens with one attached hydrogen (secondary N) is 1. The van der Waals surface area contributed by atoms with Gasteiger partial charge in [-0.1, -0.05) is 0 Å². The normalized spacial score (nSPS) is 12.2. The van der Waals surface area contributed by atoms with Crippen LogP contribution in [0, 0.1) is 0 Å². The first-order chi connectivity index (χ1) is 11.1. The van der Waals surface area contributed by atoms with Gasteiger partial charge in [-0.15, -0.1) is 0 Å².